The summed E-state index contributed by atoms with van der Waals surface area (Å²) in [6.45, 7) is 0. The number of nitrogens with zero attached hydrogens (tertiary/aromatic N) is 1. The van der Waals surface area contributed by atoms with E-state index in [1.54, 1.807) is 0 Å². The molecule has 5 nitrogen and oxygen atoms in total. The standard InChI is InChI=1S/C5H3ClN4O/c6-3-2-4(8-1-7-3)10-5(11)9-2/h1H,(H2,7,8,9,10,11)/p+1. The summed E-state index contributed by atoms with van der Waals surface area (Å²) >= 11 is 5.65. The van der Waals surface area contributed by atoms with E-state index < -0.39 is 0 Å². The van der Waals surface area contributed by atoms with Crippen molar-refractivity contribution in [1.29, 1.82) is 0 Å². The van der Waals surface area contributed by atoms with Gasteiger partial charge in [-0.3, -0.25) is 4.98 Å². The van der Waals surface area contributed by atoms with Crippen molar-refractivity contribution in [3.63, 3.8) is 0 Å². The molecule has 0 bridgehead atoms. The van der Waals surface area contributed by atoms with Crippen LogP contribution in [0.1, 0.15) is 0 Å². The zero-order valence-electron chi connectivity index (χ0n) is 5.31. The molecule has 2 aromatic heterocycles. The molecule has 0 aliphatic rings. The summed E-state index contributed by atoms with van der Waals surface area (Å²) in [6, 6.07) is 0. The van der Waals surface area contributed by atoms with Gasteiger partial charge in [0, 0.05) is 0 Å². The maximum absolute atomic E-state index is 10.7. The molecule has 0 aliphatic carbocycles. The Morgan fingerprint density at radius 1 is 1.55 bits per heavy atom. The predicted octanol–water partition coefficient (Wildman–Crippen LogP) is -0.281. The van der Waals surface area contributed by atoms with E-state index in [1.165, 1.54) is 6.33 Å². The van der Waals surface area contributed by atoms with E-state index in [1.807, 2.05) is 0 Å². The lowest BCUT2D eigenvalue weighted by molar-refractivity contribution is -0.352. The molecule has 3 N–H and O–H groups in total. The van der Waals surface area contributed by atoms with Crippen molar-refractivity contribution in [2.24, 2.45) is 0 Å². The number of aromatic amines is 3. The summed E-state index contributed by atoms with van der Waals surface area (Å²) in [5.41, 5.74) is 0.750. The lowest BCUT2D eigenvalue weighted by Crippen LogP contribution is -2.05. The van der Waals surface area contributed by atoms with Crippen LogP contribution in [0.25, 0.3) is 11.2 Å². The summed E-state index contributed by atoms with van der Waals surface area (Å²) in [6.07, 6.45) is 1.41. The van der Waals surface area contributed by atoms with Crippen LogP contribution in [0.15, 0.2) is 11.1 Å². The van der Waals surface area contributed by atoms with Crippen LogP contribution in [0.5, 0.6) is 0 Å². The largest absolute Gasteiger partial charge is 0.382 e. The molecule has 0 aromatic carbocycles. The molecule has 2 aromatic rings. The number of rotatable bonds is 0. The van der Waals surface area contributed by atoms with Gasteiger partial charge in [-0.25, -0.2) is 14.8 Å². The van der Waals surface area contributed by atoms with Crippen LogP contribution in [0.3, 0.4) is 0 Å². The van der Waals surface area contributed by atoms with Crippen LogP contribution in [0.4, 0.5) is 0 Å². The summed E-state index contributed by atoms with van der Waals surface area (Å²) < 4.78 is 0. The first kappa shape index (κ1) is 6.36. The fourth-order valence-electron chi connectivity index (χ4n) is 0.864. The highest BCUT2D eigenvalue weighted by Crippen LogP contribution is 2.09. The van der Waals surface area contributed by atoms with Crippen molar-refractivity contribution in [2.75, 3.05) is 0 Å². The minimum absolute atomic E-state index is 0.275. The van der Waals surface area contributed by atoms with Gasteiger partial charge < -0.3 is 0 Å². The first-order chi connectivity index (χ1) is 5.27. The molecule has 11 heavy (non-hydrogen) atoms. The van der Waals surface area contributed by atoms with Gasteiger partial charge in [0.1, 0.15) is 0 Å². The molecule has 0 spiro atoms. The molecule has 0 unspecified atom stereocenters. The normalized spacial score (nSPS) is 10.6. The molecule has 6 heteroatoms. The van der Waals surface area contributed by atoms with Crippen LogP contribution in [-0.2, 0) is 0 Å². The second-order valence-corrected chi connectivity index (χ2v) is 2.38. The van der Waals surface area contributed by atoms with Crippen molar-refractivity contribution in [3.05, 3.63) is 22.0 Å². The van der Waals surface area contributed by atoms with E-state index in [0.717, 1.165) is 0 Å². The Morgan fingerprint density at radius 3 is 3.09 bits per heavy atom. The Hall–Kier alpha value is -1.36. The maximum atomic E-state index is 10.7. The topological polar surface area (TPSA) is 75.7 Å². The minimum Gasteiger partial charge on any atom is -0.285 e. The number of nitrogens with one attached hydrogen (secondary N) is 3. The van der Waals surface area contributed by atoms with Gasteiger partial charge in [0.25, 0.3) is 5.65 Å². The van der Waals surface area contributed by atoms with E-state index in [4.69, 9.17) is 11.6 Å². The third-order valence-corrected chi connectivity index (χ3v) is 1.61. The van der Waals surface area contributed by atoms with E-state index in [0.29, 0.717) is 11.2 Å². The van der Waals surface area contributed by atoms with Gasteiger partial charge in [0.15, 0.2) is 5.52 Å². The lowest BCUT2D eigenvalue weighted by atomic mass is 10.6. The van der Waals surface area contributed by atoms with Crippen molar-refractivity contribution in [2.45, 2.75) is 0 Å². The van der Waals surface area contributed by atoms with Gasteiger partial charge in [-0.05, 0) is 11.6 Å². The predicted molar refractivity (Wildman–Crippen MR) is 38.3 cm³/mol. The van der Waals surface area contributed by atoms with Gasteiger partial charge in [-0.15, -0.1) is 0 Å². The molecule has 0 radical (unpaired) electrons. The number of aromatic nitrogens is 4. The third-order valence-electron chi connectivity index (χ3n) is 1.32. The van der Waals surface area contributed by atoms with Crippen LogP contribution in [0, 0.1) is 0 Å². The SMILES string of the molecule is O=c1[nH]c2[nH+]cnc(Cl)c2[nH]1. The van der Waals surface area contributed by atoms with E-state index in [-0.39, 0.29) is 10.8 Å². The number of imidazole rings is 1. The molecule has 2 heterocycles. The molecule has 2 rings (SSSR count). The smallest absolute Gasteiger partial charge is 0.285 e. The highest BCUT2D eigenvalue weighted by molar-refractivity contribution is 6.33. The quantitative estimate of drug-likeness (QED) is 0.535. The molecule has 0 atom stereocenters. The Balaban J connectivity index is 3.01. The van der Waals surface area contributed by atoms with E-state index >= 15 is 0 Å². The highest BCUT2D eigenvalue weighted by Gasteiger charge is 2.08. The van der Waals surface area contributed by atoms with Crippen molar-refractivity contribution < 1.29 is 4.98 Å². The molecule has 0 saturated heterocycles. The van der Waals surface area contributed by atoms with Crippen molar-refractivity contribution in [3.8, 4) is 0 Å². The number of hydrogen-bond donors (Lipinski definition) is 2. The zero-order chi connectivity index (χ0) is 7.84. The Bertz CT molecular complexity index is 445. The monoisotopic (exact) mass is 171 g/mol. The minimum atomic E-state index is -0.300. The fourth-order valence-corrected chi connectivity index (χ4v) is 1.05. The lowest BCUT2D eigenvalue weighted by Gasteiger charge is -1.80. The fraction of sp³-hybridized carbons (Fsp3) is 0. The van der Waals surface area contributed by atoms with Gasteiger partial charge in [-0.2, -0.15) is 0 Å². The molecule has 0 fully saturated rings. The number of hydrogen-bond acceptors (Lipinski definition) is 2. The molecule has 0 aliphatic heterocycles. The van der Waals surface area contributed by atoms with Crippen LogP contribution in [-0.4, -0.2) is 15.0 Å². The molecular formula is C5H4ClN4O+. The van der Waals surface area contributed by atoms with Crippen molar-refractivity contribution in [1.82, 2.24) is 15.0 Å². The van der Waals surface area contributed by atoms with E-state index in [2.05, 4.69) is 19.9 Å². The van der Waals surface area contributed by atoms with Crippen LogP contribution >= 0.6 is 11.6 Å². The highest BCUT2D eigenvalue weighted by atomic mass is 35.5. The Kier molecular flexibility index (Phi) is 1.19. The zero-order valence-corrected chi connectivity index (χ0v) is 6.07. The number of halogens is 1. The average molecular weight is 172 g/mol. The van der Waals surface area contributed by atoms with Crippen LogP contribution < -0.4 is 10.7 Å². The van der Waals surface area contributed by atoms with Crippen molar-refractivity contribution >= 4 is 22.8 Å². The van der Waals surface area contributed by atoms with Gasteiger partial charge in [0.05, 0.1) is 0 Å². The molecule has 0 amide bonds. The summed E-state index contributed by atoms with van der Waals surface area (Å²) in [5, 5.41) is 0.275. The van der Waals surface area contributed by atoms with Crippen LogP contribution in [0.2, 0.25) is 5.15 Å². The maximum Gasteiger partial charge on any atom is 0.382 e. The summed E-state index contributed by atoms with van der Waals surface area (Å²) in [4.78, 5) is 22.2. The molecule has 0 saturated carbocycles. The molecular weight excluding hydrogens is 168 g/mol. The average Bonchev–Trinajstić information content (AvgIpc) is 2.31. The summed E-state index contributed by atoms with van der Waals surface area (Å²) in [7, 11) is 0. The first-order valence-corrected chi connectivity index (χ1v) is 3.29. The van der Waals surface area contributed by atoms with E-state index in [9.17, 15) is 4.79 Å². The summed E-state index contributed by atoms with van der Waals surface area (Å²) in [5.74, 6) is 0. The van der Waals surface area contributed by atoms with Gasteiger partial charge >= 0.3 is 5.69 Å². The molecule has 56 valence electrons. The Morgan fingerprint density at radius 2 is 2.36 bits per heavy atom. The van der Waals surface area contributed by atoms with Gasteiger partial charge in [0.2, 0.25) is 11.5 Å². The first-order valence-electron chi connectivity index (χ1n) is 2.91. The third kappa shape index (κ3) is 0.894. The second-order valence-electron chi connectivity index (χ2n) is 2.02. The second kappa shape index (κ2) is 2.06. The number of H-pyrrole nitrogens is 3. The van der Waals surface area contributed by atoms with Gasteiger partial charge in [-0.1, -0.05) is 4.98 Å². The Labute approximate surface area is 65.4 Å². The number of fused-ring (bicyclic) bond motifs is 1.